The van der Waals surface area contributed by atoms with E-state index in [1.165, 1.54) is 6.07 Å². The molecule has 1 heterocycles. The molecule has 0 aliphatic carbocycles. The summed E-state index contributed by atoms with van der Waals surface area (Å²) in [7, 11) is 0. The first-order valence-corrected chi connectivity index (χ1v) is 5.10. The fraction of sp³-hybridized carbons (Fsp3) is 0.455. The Morgan fingerprint density at radius 1 is 1.27 bits per heavy atom. The number of hydrogen-bond acceptors (Lipinski definition) is 2. The molecule has 1 saturated heterocycles. The number of hydrogen-bond donors (Lipinski definition) is 2. The second kappa shape index (κ2) is 4.24. The Morgan fingerprint density at radius 3 is 2.73 bits per heavy atom. The van der Waals surface area contributed by atoms with Crippen molar-refractivity contribution in [1.29, 1.82) is 0 Å². The molecule has 0 bridgehead atoms. The van der Waals surface area contributed by atoms with E-state index >= 15 is 0 Å². The lowest BCUT2D eigenvalue weighted by molar-refractivity contribution is 0.367. The van der Waals surface area contributed by atoms with Crippen LogP contribution in [0.1, 0.15) is 24.4 Å². The highest BCUT2D eigenvalue weighted by Gasteiger charge is 2.20. The molecule has 2 rings (SSSR count). The quantitative estimate of drug-likeness (QED) is 0.743. The van der Waals surface area contributed by atoms with Crippen molar-refractivity contribution in [1.82, 2.24) is 5.32 Å². The van der Waals surface area contributed by atoms with Gasteiger partial charge in [-0.2, -0.15) is 0 Å². The normalized spacial score (nSPS) is 26.6. The number of piperidine rings is 1. The Kier molecular flexibility index (Phi) is 2.98. The van der Waals surface area contributed by atoms with Crippen LogP contribution in [0.2, 0.25) is 0 Å². The summed E-state index contributed by atoms with van der Waals surface area (Å²) >= 11 is 0. The molecule has 15 heavy (non-hydrogen) atoms. The van der Waals surface area contributed by atoms with Gasteiger partial charge in [0.2, 0.25) is 0 Å². The summed E-state index contributed by atoms with van der Waals surface area (Å²) in [6.07, 6.45) is 1.70. The molecule has 2 atom stereocenters. The first-order valence-electron chi connectivity index (χ1n) is 5.10. The van der Waals surface area contributed by atoms with E-state index in [9.17, 15) is 8.78 Å². The number of nitrogens with two attached hydrogens (primary N) is 1. The maximum absolute atomic E-state index is 13.0. The van der Waals surface area contributed by atoms with Crippen LogP contribution in [0.4, 0.5) is 8.78 Å². The van der Waals surface area contributed by atoms with E-state index in [1.54, 1.807) is 6.07 Å². The molecule has 0 amide bonds. The minimum absolute atomic E-state index is 0.0452. The minimum atomic E-state index is -0.807. The number of halogens is 2. The number of benzene rings is 1. The van der Waals surface area contributed by atoms with E-state index in [0.717, 1.165) is 31.0 Å². The fourth-order valence-corrected chi connectivity index (χ4v) is 1.93. The summed E-state index contributed by atoms with van der Waals surface area (Å²) in [6.45, 7) is 0.824. The van der Waals surface area contributed by atoms with E-state index in [1.807, 2.05) is 0 Å². The molecule has 0 radical (unpaired) electrons. The molecule has 82 valence electrons. The molecule has 1 aliphatic heterocycles. The van der Waals surface area contributed by atoms with Crippen LogP contribution in [0.25, 0.3) is 0 Å². The molecule has 1 aromatic rings. The molecule has 1 aliphatic rings. The van der Waals surface area contributed by atoms with Crippen LogP contribution in [0.3, 0.4) is 0 Å². The highest BCUT2D eigenvalue weighted by atomic mass is 19.2. The maximum atomic E-state index is 13.0. The first kappa shape index (κ1) is 10.5. The summed E-state index contributed by atoms with van der Waals surface area (Å²) in [5, 5.41) is 3.24. The SMILES string of the molecule is NC1CCNC(c2ccc(F)c(F)c2)C1. The molecule has 0 saturated carbocycles. The highest BCUT2D eigenvalue weighted by Crippen LogP contribution is 2.23. The van der Waals surface area contributed by atoms with Gasteiger partial charge < -0.3 is 11.1 Å². The van der Waals surface area contributed by atoms with Gasteiger partial charge in [0.25, 0.3) is 0 Å². The summed E-state index contributed by atoms with van der Waals surface area (Å²) in [4.78, 5) is 0. The van der Waals surface area contributed by atoms with Gasteiger partial charge in [0.1, 0.15) is 0 Å². The van der Waals surface area contributed by atoms with Crippen molar-refractivity contribution < 1.29 is 8.78 Å². The average molecular weight is 212 g/mol. The third kappa shape index (κ3) is 2.33. The van der Waals surface area contributed by atoms with E-state index in [-0.39, 0.29) is 12.1 Å². The van der Waals surface area contributed by atoms with Crippen molar-refractivity contribution in [2.75, 3.05) is 6.54 Å². The summed E-state index contributed by atoms with van der Waals surface area (Å²) in [6, 6.07) is 4.19. The third-order valence-corrected chi connectivity index (χ3v) is 2.79. The molecule has 0 aromatic heterocycles. The predicted octanol–water partition coefficient (Wildman–Crippen LogP) is 1.72. The minimum Gasteiger partial charge on any atom is -0.328 e. The highest BCUT2D eigenvalue weighted by molar-refractivity contribution is 5.22. The van der Waals surface area contributed by atoms with Crippen molar-refractivity contribution in [2.24, 2.45) is 5.73 Å². The van der Waals surface area contributed by atoms with Gasteiger partial charge in [-0.25, -0.2) is 8.78 Å². The van der Waals surface area contributed by atoms with Crippen LogP contribution < -0.4 is 11.1 Å². The zero-order chi connectivity index (χ0) is 10.8. The lowest BCUT2D eigenvalue weighted by Gasteiger charge is -2.28. The lowest BCUT2D eigenvalue weighted by atomic mass is 9.94. The van der Waals surface area contributed by atoms with E-state index < -0.39 is 11.6 Å². The summed E-state index contributed by atoms with van der Waals surface area (Å²) in [5.41, 5.74) is 6.59. The van der Waals surface area contributed by atoms with Crippen LogP contribution in [0.15, 0.2) is 18.2 Å². The van der Waals surface area contributed by atoms with Crippen LogP contribution in [-0.4, -0.2) is 12.6 Å². The van der Waals surface area contributed by atoms with Crippen LogP contribution in [0.5, 0.6) is 0 Å². The zero-order valence-corrected chi connectivity index (χ0v) is 8.34. The monoisotopic (exact) mass is 212 g/mol. The molecule has 1 fully saturated rings. The van der Waals surface area contributed by atoms with Gasteiger partial charge in [-0.15, -0.1) is 0 Å². The van der Waals surface area contributed by atoms with Crippen molar-refractivity contribution in [2.45, 2.75) is 24.9 Å². The number of rotatable bonds is 1. The Morgan fingerprint density at radius 2 is 2.07 bits per heavy atom. The summed E-state index contributed by atoms with van der Waals surface area (Å²) in [5.74, 6) is -1.60. The molecule has 3 N–H and O–H groups in total. The van der Waals surface area contributed by atoms with Crippen molar-refractivity contribution >= 4 is 0 Å². The van der Waals surface area contributed by atoms with Gasteiger partial charge in [0.05, 0.1) is 0 Å². The number of nitrogens with one attached hydrogen (secondary N) is 1. The Balaban J connectivity index is 2.18. The molecular weight excluding hydrogens is 198 g/mol. The molecule has 0 spiro atoms. The van der Waals surface area contributed by atoms with Crippen LogP contribution in [-0.2, 0) is 0 Å². The van der Waals surface area contributed by atoms with E-state index in [0.29, 0.717) is 0 Å². The van der Waals surface area contributed by atoms with Crippen LogP contribution in [0, 0.1) is 11.6 Å². The van der Waals surface area contributed by atoms with Gasteiger partial charge in [0.15, 0.2) is 11.6 Å². The fourth-order valence-electron chi connectivity index (χ4n) is 1.93. The lowest BCUT2D eigenvalue weighted by Crippen LogP contribution is -2.38. The molecular formula is C11H14F2N2. The Hall–Kier alpha value is -1.00. The standard InChI is InChI=1S/C11H14F2N2/c12-9-2-1-7(5-10(9)13)11-6-8(14)3-4-15-11/h1-2,5,8,11,15H,3-4,6,14H2. The summed E-state index contributed by atoms with van der Waals surface area (Å²) < 4.78 is 25.7. The van der Waals surface area contributed by atoms with Crippen LogP contribution >= 0.6 is 0 Å². The van der Waals surface area contributed by atoms with Gasteiger partial charge in [0, 0.05) is 12.1 Å². The largest absolute Gasteiger partial charge is 0.328 e. The molecule has 2 nitrogen and oxygen atoms in total. The van der Waals surface area contributed by atoms with Gasteiger partial charge >= 0.3 is 0 Å². The Labute approximate surface area is 87.5 Å². The Bertz CT molecular complexity index is 354. The van der Waals surface area contributed by atoms with E-state index in [4.69, 9.17) is 5.73 Å². The third-order valence-electron chi connectivity index (χ3n) is 2.79. The second-order valence-corrected chi connectivity index (χ2v) is 3.96. The van der Waals surface area contributed by atoms with E-state index in [2.05, 4.69) is 5.32 Å². The molecule has 2 unspecified atom stereocenters. The molecule has 4 heteroatoms. The van der Waals surface area contributed by atoms with Gasteiger partial charge in [-0.05, 0) is 37.1 Å². The van der Waals surface area contributed by atoms with Gasteiger partial charge in [-0.3, -0.25) is 0 Å². The van der Waals surface area contributed by atoms with Gasteiger partial charge in [-0.1, -0.05) is 6.07 Å². The smallest absolute Gasteiger partial charge is 0.159 e. The molecule has 1 aromatic carbocycles. The first-order chi connectivity index (χ1) is 7.16. The van der Waals surface area contributed by atoms with Crippen molar-refractivity contribution in [3.05, 3.63) is 35.4 Å². The predicted molar refractivity (Wildman–Crippen MR) is 54.3 cm³/mol. The van der Waals surface area contributed by atoms with Crippen molar-refractivity contribution in [3.8, 4) is 0 Å². The maximum Gasteiger partial charge on any atom is 0.159 e. The average Bonchev–Trinajstić information content (AvgIpc) is 2.22. The second-order valence-electron chi connectivity index (χ2n) is 3.96. The van der Waals surface area contributed by atoms with Crippen molar-refractivity contribution in [3.63, 3.8) is 0 Å². The zero-order valence-electron chi connectivity index (χ0n) is 8.34. The topological polar surface area (TPSA) is 38.0 Å².